The van der Waals surface area contributed by atoms with Crippen LogP contribution in [0.2, 0.25) is 5.02 Å². The third-order valence-electron chi connectivity index (χ3n) is 3.80. The lowest BCUT2D eigenvalue weighted by Gasteiger charge is -2.14. The second kappa shape index (κ2) is 8.47. The number of pyridine rings is 1. The van der Waals surface area contributed by atoms with Crippen molar-refractivity contribution in [1.82, 2.24) is 19.7 Å². The number of ether oxygens (including phenoxy) is 1. The molecule has 0 N–H and O–H groups in total. The predicted molar refractivity (Wildman–Crippen MR) is 101 cm³/mol. The van der Waals surface area contributed by atoms with E-state index in [1.807, 2.05) is 36.4 Å². The average molecular weight is 375 g/mol. The van der Waals surface area contributed by atoms with E-state index in [-0.39, 0.29) is 5.25 Å². The van der Waals surface area contributed by atoms with Gasteiger partial charge in [-0.2, -0.15) is 0 Å². The smallest absolute Gasteiger partial charge is 0.192 e. The molecule has 2 aromatic heterocycles. The third kappa shape index (κ3) is 4.21. The van der Waals surface area contributed by atoms with Gasteiger partial charge < -0.3 is 4.74 Å². The molecule has 0 radical (unpaired) electrons. The van der Waals surface area contributed by atoms with Gasteiger partial charge in [0.2, 0.25) is 0 Å². The van der Waals surface area contributed by atoms with Crippen LogP contribution >= 0.6 is 23.4 Å². The highest BCUT2D eigenvalue weighted by Crippen LogP contribution is 2.38. The number of halogens is 1. The van der Waals surface area contributed by atoms with Gasteiger partial charge in [-0.05, 0) is 30.7 Å². The van der Waals surface area contributed by atoms with Gasteiger partial charge in [0.1, 0.15) is 0 Å². The Balaban J connectivity index is 1.90. The Hall–Kier alpha value is -1.89. The topological polar surface area (TPSA) is 52.8 Å². The van der Waals surface area contributed by atoms with E-state index in [0.29, 0.717) is 13.2 Å². The van der Waals surface area contributed by atoms with Crippen LogP contribution in [-0.2, 0) is 11.3 Å². The average Bonchev–Trinajstić information content (AvgIpc) is 3.03. The Morgan fingerprint density at radius 2 is 1.92 bits per heavy atom. The Morgan fingerprint density at radius 1 is 1.16 bits per heavy atom. The van der Waals surface area contributed by atoms with Crippen molar-refractivity contribution in [2.24, 2.45) is 0 Å². The van der Waals surface area contributed by atoms with Crippen molar-refractivity contribution in [1.29, 1.82) is 0 Å². The van der Waals surface area contributed by atoms with Gasteiger partial charge in [0.15, 0.2) is 11.0 Å². The molecule has 0 saturated carbocycles. The van der Waals surface area contributed by atoms with Crippen molar-refractivity contribution in [3.05, 3.63) is 59.4 Å². The molecule has 0 aliphatic carbocycles. The fourth-order valence-electron chi connectivity index (χ4n) is 2.50. The van der Waals surface area contributed by atoms with Gasteiger partial charge in [0.05, 0.1) is 13.2 Å². The van der Waals surface area contributed by atoms with E-state index in [1.54, 1.807) is 31.3 Å². The molecule has 0 saturated heterocycles. The van der Waals surface area contributed by atoms with Crippen LogP contribution in [0.5, 0.6) is 0 Å². The number of aromatic nitrogens is 4. The highest BCUT2D eigenvalue weighted by atomic mass is 35.5. The van der Waals surface area contributed by atoms with Gasteiger partial charge in [-0.3, -0.25) is 9.55 Å². The number of thioether (sulfide) groups is 1. The first-order valence-corrected chi connectivity index (χ1v) is 9.20. The third-order valence-corrected chi connectivity index (χ3v) is 5.26. The molecule has 130 valence electrons. The fourth-order valence-corrected chi connectivity index (χ4v) is 3.91. The van der Waals surface area contributed by atoms with Gasteiger partial charge in [-0.25, -0.2) is 0 Å². The molecule has 0 aliphatic heterocycles. The lowest BCUT2D eigenvalue weighted by Crippen LogP contribution is -2.08. The molecule has 7 heteroatoms. The summed E-state index contributed by atoms with van der Waals surface area (Å²) in [6.07, 6.45) is 3.51. The maximum absolute atomic E-state index is 6.33. The highest BCUT2D eigenvalue weighted by molar-refractivity contribution is 7.99. The molecule has 0 amide bonds. The maximum Gasteiger partial charge on any atom is 0.192 e. The molecule has 1 aromatic carbocycles. The summed E-state index contributed by atoms with van der Waals surface area (Å²) in [5, 5.41) is 10.5. The summed E-state index contributed by atoms with van der Waals surface area (Å²) in [5.41, 5.74) is 2.07. The minimum absolute atomic E-state index is 0.157. The van der Waals surface area contributed by atoms with E-state index < -0.39 is 0 Å². The summed E-state index contributed by atoms with van der Waals surface area (Å²) in [4.78, 5) is 4.07. The van der Waals surface area contributed by atoms with Crippen LogP contribution < -0.4 is 0 Å². The molecule has 25 heavy (non-hydrogen) atoms. The molecule has 3 rings (SSSR count). The summed E-state index contributed by atoms with van der Waals surface area (Å²) in [6.45, 7) is 3.39. The zero-order valence-electron chi connectivity index (χ0n) is 14.1. The lowest BCUT2D eigenvalue weighted by atomic mass is 10.2. The van der Waals surface area contributed by atoms with Gasteiger partial charge in [0.25, 0.3) is 0 Å². The second-order valence-corrected chi connectivity index (χ2v) is 7.18. The SMILES string of the molecule is COCCn1c(SC(C)c2ccccc2Cl)nnc1-c1ccncc1. The summed E-state index contributed by atoms with van der Waals surface area (Å²) < 4.78 is 7.33. The molecule has 1 atom stereocenters. The normalized spacial score (nSPS) is 12.3. The maximum atomic E-state index is 6.33. The number of benzene rings is 1. The lowest BCUT2D eigenvalue weighted by molar-refractivity contribution is 0.185. The molecule has 1 unspecified atom stereocenters. The van der Waals surface area contributed by atoms with Crippen LogP contribution in [0.1, 0.15) is 17.7 Å². The molecule has 0 spiro atoms. The molecule has 2 heterocycles. The zero-order chi connectivity index (χ0) is 17.6. The molecular weight excluding hydrogens is 356 g/mol. The fraction of sp³-hybridized carbons (Fsp3) is 0.278. The largest absolute Gasteiger partial charge is 0.383 e. The van der Waals surface area contributed by atoms with Crippen LogP contribution in [0.15, 0.2) is 53.9 Å². The van der Waals surface area contributed by atoms with E-state index in [4.69, 9.17) is 16.3 Å². The number of nitrogens with zero attached hydrogens (tertiary/aromatic N) is 4. The molecule has 0 aliphatic rings. The van der Waals surface area contributed by atoms with Crippen LogP contribution in [0, 0.1) is 0 Å². The summed E-state index contributed by atoms with van der Waals surface area (Å²) in [5.74, 6) is 0.813. The van der Waals surface area contributed by atoms with E-state index >= 15 is 0 Å². The van der Waals surface area contributed by atoms with Crippen LogP contribution in [0.25, 0.3) is 11.4 Å². The van der Waals surface area contributed by atoms with E-state index in [1.165, 1.54) is 0 Å². The van der Waals surface area contributed by atoms with E-state index in [2.05, 4.69) is 26.7 Å². The Morgan fingerprint density at radius 3 is 2.64 bits per heavy atom. The molecular formula is C18H19ClN4OS. The number of methoxy groups -OCH3 is 1. The van der Waals surface area contributed by atoms with Gasteiger partial charge in [-0.1, -0.05) is 41.6 Å². The van der Waals surface area contributed by atoms with Crippen LogP contribution in [0.4, 0.5) is 0 Å². The summed E-state index contributed by atoms with van der Waals surface area (Å²) in [7, 11) is 1.69. The van der Waals surface area contributed by atoms with Gasteiger partial charge in [-0.15, -0.1) is 10.2 Å². The summed E-state index contributed by atoms with van der Waals surface area (Å²) in [6, 6.07) is 11.7. The first-order chi connectivity index (χ1) is 12.2. The zero-order valence-corrected chi connectivity index (χ0v) is 15.7. The van der Waals surface area contributed by atoms with Crippen molar-refractivity contribution < 1.29 is 4.74 Å². The van der Waals surface area contributed by atoms with Gasteiger partial charge >= 0.3 is 0 Å². The number of hydrogen-bond acceptors (Lipinski definition) is 5. The standard InChI is InChI=1S/C18H19ClN4OS/c1-13(15-5-3-4-6-16(15)19)25-18-22-21-17(23(18)11-12-24-2)14-7-9-20-10-8-14/h3-10,13H,11-12H2,1-2H3. The van der Waals surface area contributed by atoms with Crippen molar-refractivity contribution in [2.45, 2.75) is 23.9 Å². The Kier molecular flexibility index (Phi) is 6.07. The Bertz CT molecular complexity index is 825. The first kappa shape index (κ1) is 17.9. The monoisotopic (exact) mass is 374 g/mol. The molecule has 0 bridgehead atoms. The predicted octanol–water partition coefficient (Wildman–Crippen LogP) is 4.49. The van der Waals surface area contributed by atoms with Crippen molar-refractivity contribution in [2.75, 3.05) is 13.7 Å². The minimum Gasteiger partial charge on any atom is -0.383 e. The van der Waals surface area contributed by atoms with Crippen LogP contribution in [-0.4, -0.2) is 33.5 Å². The minimum atomic E-state index is 0.157. The number of rotatable bonds is 7. The van der Waals surface area contributed by atoms with Crippen molar-refractivity contribution in [3.8, 4) is 11.4 Å². The van der Waals surface area contributed by atoms with E-state index in [9.17, 15) is 0 Å². The van der Waals surface area contributed by atoms with Crippen molar-refractivity contribution >= 4 is 23.4 Å². The molecule has 0 fully saturated rings. The van der Waals surface area contributed by atoms with Crippen LogP contribution in [0.3, 0.4) is 0 Å². The molecule has 5 nitrogen and oxygen atoms in total. The van der Waals surface area contributed by atoms with Gasteiger partial charge in [0, 0.05) is 35.3 Å². The van der Waals surface area contributed by atoms with Crippen molar-refractivity contribution in [3.63, 3.8) is 0 Å². The first-order valence-electron chi connectivity index (χ1n) is 7.94. The number of hydrogen-bond donors (Lipinski definition) is 0. The summed E-state index contributed by atoms with van der Waals surface area (Å²) >= 11 is 7.96. The Labute approximate surface area is 156 Å². The highest BCUT2D eigenvalue weighted by Gasteiger charge is 2.18. The molecule has 3 aromatic rings. The quantitative estimate of drug-likeness (QED) is 0.570. The second-order valence-electron chi connectivity index (χ2n) is 5.47. The van der Waals surface area contributed by atoms with E-state index in [0.717, 1.165) is 27.1 Å².